The van der Waals surface area contributed by atoms with Crippen molar-refractivity contribution in [1.82, 2.24) is 5.32 Å². The zero-order valence-electron chi connectivity index (χ0n) is 12.2. The predicted molar refractivity (Wildman–Crippen MR) is 76.3 cm³/mol. The van der Waals surface area contributed by atoms with Crippen LogP contribution in [0.3, 0.4) is 0 Å². The number of nitrogens with one attached hydrogen (secondary N) is 1. The van der Waals surface area contributed by atoms with Crippen LogP contribution < -0.4 is 5.32 Å². The first-order valence-electron chi connectivity index (χ1n) is 7.10. The summed E-state index contributed by atoms with van der Waals surface area (Å²) >= 11 is 0. The molecule has 1 aromatic rings. The minimum Gasteiger partial charge on any atom is -0.481 e. The van der Waals surface area contributed by atoms with E-state index in [1.54, 1.807) is 26.0 Å². The molecule has 0 unspecified atom stereocenters. The zero-order valence-corrected chi connectivity index (χ0v) is 12.2. The zero-order chi connectivity index (χ0) is 15.6. The van der Waals surface area contributed by atoms with Crippen molar-refractivity contribution >= 4 is 11.9 Å². The number of halogens is 1. The van der Waals surface area contributed by atoms with Crippen LogP contribution in [0.15, 0.2) is 24.3 Å². The van der Waals surface area contributed by atoms with Gasteiger partial charge < -0.3 is 10.4 Å². The monoisotopic (exact) mass is 293 g/mol. The summed E-state index contributed by atoms with van der Waals surface area (Å²) in [5.41, 5.74) is -0.253. The Bertz CT molecular complexity index is 556. The number of rotatable bonds is 4. The van der Waals surface area contributed by atoms with Crippen molar-refractivity contribution in [2.45, 2.75) is 44.6 Å². The van der Waals surface area contributed by atoms with Gasteiger partial charge in [0.1, 0.15) is 5.82 Å². The average molecular weight is 293 g/mol. The van der Waals surface area contributed by atoms with Crippen LogP contribution in [0.5, 0.6) is 0 Å². The molecule has 0 aliphatic heterocycles. The molecule has 1 aromatic carbocycles. The number of aliphatic carboxylic acids is 1. The number of carbonyl (C=O) groups is 2. The average Bonchev–Trinajstić information content (AvgIpc) is 2.87. The third-order valence-electron chi connectivity index (χ3n) is 4.23. The van der Waals surface area contributed by atoms with Gasteiger partial charge in [0, 0.05) is 6.04 Å². The number of benzene rings is 1. The summed E-state index contributed by atoms with van der Waals surface area (Å²) < 4.78 is 13.3. The van der Waals surface area contributed by atoms with Gasteiger partial charge in [-0.25, -0.2) is 4.39 Å². The van der Waals surface area contributed by atoms with Crippen molar-refractivity contribution in [3.8, 4) is 0 Å². The summed E-state index contributed by atoms with van der Waals surface area (Å²) in [6.45, 7) is 3.47. The molecule has 2 N–H and O–H groups in total. The fourth-order valence-corrected chi connectivity index (χ4v) is 2.71. The number of hydrogen-bond acceptors (Lipinski definition) is 2. The van der Waals surface area contributed by atoms with Gasteiger partial charge >= 0.3 is 5.97 Å². The highest BCUT2D eigenvalue weighted by molar-refractivity contribution is 5.87. The minimum atomic E-state index is -0.858. The molecule has 5 heteroatoms. The van der Waals surface area contributed by atoms with Crippen LogP contribution in [0.2, 0.25) is 0 Å². The third kappa shape index (κ3) is 3.40. The molecule has 0 bridgehead atoms. The van der Waals surface area contributed by atoms with Crippen LogP contribution in [0.1, 0.15) is 38.7 Å². The summed E-state index contributed by atoms with van der Waals surface area (Å²) in [7, 11) is 0. The van der Waals surface area contributed by atoms with Crippen LogP contribution in [0.4, 0.5) is 4.39 Å². The molecule has 0 aromatic heterocycles. The standard InChI is InChI=1S/C16H20FNO3/c1-16(2,11-4-3-5-12(17)9-11)15(21)18-13-7-6-10(8-13)14(19)20/h3-5,9-10,13H,6-8H2,1-2H3,(H,18,21)(H,19,20)/t10-,13-/m1/s1. The maximum Gasteiger partial charge on any atom is 0.306 e. The summed E-state index contributed by atoms with van der Waals surface area (Å²) in [5, 5.41) is 11.9. The highest BCUT2D eigenvalue weighted by Crippen LogP contribution is 2.28. The Kier molecular flexibility index (Phi) is 4.30. The normalized spacial score (nSPS) is 22.0. The molecule has 1 saturated carbocycles. The number of carbonyl (C=O) groups excluding carboxylic acids is 1. The first kappa shape index (κ1) is 15.5. The molecule has 0 heterocycles. The van der Waals surface area contributed by atoms with Crippen molar-refractivity contribution in [3.63, 3.8) is 0 Å². The fourth-order valence-electron chi connectivity index (χ4n) is 2.71. The molecule has 2 rings (SSSR count). The van der Waals surface area contributed by atoms with Gasteiger partial charge in [-0.2, -0.15) is 0 Å². The van der Waals surface area contributed by atoms with Gasteiger partial charge in [0.2, 0.25) is 5.91 Å². The van der Waals surface area contributed by atoms with Crippen molar-refractivity contribution in [2.75, 3.05) is 0 Å². The maximum atomic E-state index is 13.3. The quantitative estimate of drug-likeness (QED) is 0.896. The lowest BCUT2D eigenvalue weighted by molar-refractivity contribution is -0.141. The molecule has 21 heavy (non-hydrogen) atoms. The second-order valence-corrected chi connectivity index (χ2v) is 6.15. The topological polar surface area (TPSA) is 66.4 Å². The van der Waals surface area contributed by atoms with Gasteiger partial charge in [0.25, 0.3) is 0 Å². The molecule has 1 amide bonds. The van der Waals surface area contributed by atoms with Gasteiger partial charge in [-0.1, -0.05) is 12.1 Å². The maximum absolute atomic E-state index is 13.3. The Hall–Kier alpha value is -1.91. The number of carboxylic acid groups (broad SMARTS) is 1. The van der Waals surface area contributed by atoms with E-state index in [1.807, 2.05) is 0 Å². The smallest absolute Gasteiger partial charge is 0.306 e. The van der Waals surface area contributed by atoms with Crippen LogP contribution >= 0.6 is 0 Å². The number of amides is 1. The molecule has 1 fully saturated rings. The Labute approximate surface area is 123 Å². The van der Waals surface area contributed by atoms with E-state index in [2.05, 4.69) is 5.32 Å². The molecule has 2 atom stereocenters. The lowest BCUT2D eigenvalue weighted by Crippen LogP contribution is -2.44. The second-order valence-electron chi connectivity index (χ2n) is 6.15. The Balaban J connectivity index is 2.04. The fraction of sp³-hybridized carbons (Fsp3) is 0.500. The summed E-state index contributed by atoms with van der Waals surface area (Å²) in [4.78, 5) is 23.4. The Morgan fingerprint density at radius 1 is 1.33 bits per heavy atom. The van der Waals surface area contributed by atoms with E-state index in [4.69, 9.17) is 5.11 Å². The molecule has 0 spiro atoms. The predicted octanol–water partition coefficient (Wildman–Crippen LogP) is 2.47. The Morgan fingerprint density at radius 2 is 2.05 bits per heavy atom. The number of hydrogen-bond donors (Lipinski definition) is 2. The van der Waals surface area contributed by atoms with E-state index in [1.165, 1.54) is 12.1 Å². The summed E-state index contributed by atoms with van der Waals surface area (Å²) in [6.07, 6.45) is 1.71. The van der Waals surface area contributed by atoms with Crippen molar-refractivity contribution in [3.05, 3.63) is 35.6 Å². The summed E-state index contributed by atoms with van der Waals surface area (Å²) in [5.74, 6) is -1.77. The van der Waals surface area contributed by atoms with Crippen LogP contribution in [-0.2, 0) is 15.0 Å². The molecular formula is C16H20FNO3. The van der Waals surface area contributed by atoms with Crippen LogP contribution in [0, 0.1) is 11.7 Å². The molecule has 0 radical (unpaired) electrons. The Morgan fingerprint density at radius 3 is 2.62 bits per heavy atom. The highest BCUT2D eigenvalue weighted by Gasteiger charge is 2.35. The molecule has 1 aliphatic rings. The van der Waals surface area contributed by atoms with Crippen molar-refractivity contribution in [1.29, 1.82) is 0 Å². The SMILES string of the molecule is CC(C)(C(=O)N[C@@H]1CC[C@@H](C(=O)O)C1)c1cccc(F)c1. The largest absolute Gasteiger partial charge is 0.481 e. The molecule has 4 nitrogen and oxygen atoms in total. The first-order chi connectivity index (χ1) is 9.80. The van der Waals surface area contributed by atoms with Gasteiger partial charge in [-0.15, -0.1) is 0 Å². The lowest BCUT2D eigenvalue weighted by Gasteiger charge is -2.26. The van der Waals surface area contributed by atoms with Gasteiger partial charge in [0.05, 0.1) is 11.3 Å². The molecule has 1 aliphatic carbocycles. The van der Waals surface area contributed by atoms with Crippen LogP contribution in [0.25, 0.3) is 0 Å². The van der Waals surface area contributed by atoms with E-state index >= 15 is 0 Å². The van der Waals surface area contributed by atoms with Crippen molar-refractivity contribution < 1.29 is 19.1 Å². The number of carboxylic acids is 1. The summed E-state index contributed by atoms with van der Waals surface area (Å²) in [6, 6.07) is 5.87. The van der Waals surface area contributed by atoms with Gasteiger partial charge in [-0.05, 0) is 50.8 Å². The molecule has 114 valence electrons. The second kappa shape index (κ2) is 5.84. The highest BCUT2D eigenvalue weighted by atomic mass is 19.1. The van der Waals surface area contributed by atoms with Gasteiger partial charge in [0.15, 0.2) is 0 Å². The van der Waals surface area contributed by atoms with E-state index in [0.717, 1.165) is 0 Å². The first-order valence-corrected chi connectivity index (χ1v) is 7.10. The van der Waals surface area contributed by atoms with E-state index < -0.39 is 11.4 Å². The van der Waals surface area contributed by atoms with E-state index in [9.17, 15) is 14.0 Å². The molecular weight excluding hydrogens is 273 g/mol. The van der Waals surface area contributed by atoms with Crippen LogP contribution in [-0.4, -0.2) is 23.0 Å². The van der Waals surface area contributed by atoms with Gasteiger partial charge in [-0.3, -0.25) is 9.59 Å². The van der Waals surface area contributed by atoms with Crippen molar-refractivity contribution in [2.24, 2.45) is 5.92 Å². The lowest BCUT2D eigenvalue weighted by atomic mass is 9.83. The van der Waals surface area contributed by atoms with E-state index in [-0.39, 0.29) is 23.7 Å². The minimum absolute atomic E-state index is 0.119. The molecule has 0 saturated heterocycles. The van der Waals surface area contributed by atoms with E-state index in [0.29, 0.717) is 24.8 Å². The third-order valence-corrected chi connectivity index (χ3v) is 4.23.